The smallest absolute Gasteiger partial charge is 0.259 e. The van der Waals surface area contributed by atoms with Crippen molar-refractivity contribution >= 4 is 62.2 Å². The van der Waals surface area contributed by atoms with Crippen LogP contribution in [-0.2, 0) is 19.6 Å². The molecule has 0 aliphatic carbocycles. The summed E-state index contributed by atoms with van der Waals surface area (Å²) in [6.07, 6.45) is 0.788. The quantitative estimate of drug-likeness (QED) is 0.670. The fourth-order valence-electron chi connectivity index (χ4n) is 4.23. The second kappa shape index (κ2) is 7.23. The molecule has 0 radical (unpaired) electrons. The van der Waals surface area contributed by atoms with Crippen LogP contribution in [0.1, 0.15) is 12.8 Å². The van der Waals surface area contributed by atoms with Crippen LogP contribution in [0.15, 0.2) is 45.5 Å². The van der Waals surface area contributed by atoms with Gasteiger partial charge in [-0.3, -0.25) is 14.5 Å². The maximum atomic E-state index is 13.6. The lowest BCUT2D eigenvalue weighted by Crippen LogP contribution is -2.58. The van der Waals surface area contributed by atoms with E-state index in [-0.39, 0.29) is 42.2 Å². The van der Waals surface area contributed by atoms with Gasteiger partial charge >= 0.3 is 0 Å². The largest absolute Gasteiger partial charge is 0.337 e. The summed E-state index contributed by atoms with van der Waals surface area (Å²) in [4.78, 5) is 29.5. The molecule has 1 atom stereocenters. The summed E-state index contributed by atoms with van der Waals surface area (Å²) in [6, 6.07) is 10.6. The minimum absolute atomic E-state index is 0.0448. The van der Waals surface area contributed by atoms with E-state index in [2.05, 4.69) is 0 Å². The number of halogens is 1. The molecule has 0 saturated carbocycles. The van der Waals surface area contributed by atoms with Gasteiger partial charge in [0.15, 0.2) is 4.87 Å². The Labute approximate surface area is 187 Å². The molecule has 1 aromatic heterocycles. The second-order valence-electron chi connectivity index (χ2n) is 7.34. The molecule has 2 aromatic rings. The van der Waals surface area contributed by atoms with Crippen molar-refractivity contribution in [1.29, 1.82) is 0 Å². The highest BCUT2D eigenvalue weighted by atomic mass is 35.5. The van der Waals surface area contributed by atoms with Gasteiger partial charge in [0.25, 0.3) is 15.9 Å². The van der Waals surface area contributed by atoms with Crippen molar-refractivity contribution in [2.24, 2.45) is 0 Å². The Bertz CT molecular complexity index is 1140. The first-order valence-corrected chi connectivity index (χ1v) is 12.9. The molecular formula is C19H18ClN3O4S3. The van der Waals surface area contributed by atoms with E-state index in [0.717, 1.165) is 21.9 Å². The minimum atomic E-state index is -3.62. The molecule has 1 aromatic carbocycles. The lowest BCUT2D eigenvalue weighted by molar-refractivity contribution is -0.135. The Morgan fingerprint density at radius 2 is 1.80 bits per heavy atom. The zero-order valence-corrected chi connectivity index (χ0v) is 19.0. The van der Waals surface area contributed by atoms with Crippen molar-refractivity contribution in [3.05, 3.63) is 40.7 Å². The number of carbonyl (C=O) groups is 2. The monoisotopic (exact) mass is 483 g/mol. The van der Waals surface area contributed by atoms with Crippen molar-refractivity contribution < 1.29 is 18.0 Å². The molecule has 7 nitrogen and oxygen atoms in total. The number of para-hydroxylation sites is 1. The van der Waals surface area contributed by atoms with Gasteiger partial charge in [-0.1, -0.05) is 35.5 Å². The number of sulfonamides is 1. The zero-order valence-electron chi connectivity index (χ0n) is 15.8. The summed E-state index contributed by atoms with van der Waals surface area (Å²) in [5, 5.41) is 0. The Morgan fingerprint density at radius 3 is 2.50 bits per heavy atom. The van der Waals surface area contributed by atoms with Crippen molar-refractivity contribution in [2.45, 2.75) is 26.8 Å². The number of rotatable bonds is 3. The van der Waals surface area contributed by atoms with Gasteiger partial charge in [0.05, 0.1) is 10.0 Å². The molecule has 158 valence electrons. The molecule has 30 heavy (non-hydrogen) atoms. The summed E-state index contributed by atoms with van der Waals surface area (Å²) in [6.45, 7) is 1.01. The van der Waals surface area contributed by atoms with Crippen LogP contribution in [0.2, 0.25) is 4.34 Å². The summed E-state index contributed by atoms with van der Waals surface area (Å²) in [5.74, 6) is -0.164. The molecule has 2 amide bonds. The van der Waals surface area contributed by atoms with E-state index in [0.29, 0.717) is 17.2 Å². The number of amides is 2. The summed E-state index contributed by atoms with van der Waals surface area (Å²) in [5.41, 5.74) is 0.786. The van der Waals surface area contributed by atoms with Crippen LogP contribution in [0.3, 0.4) is 0 Å². The van der Waals surface area contributed by atoms with E-state index < -0.39 is 14.9 Å². The maximum Gasteiger partial charge on any atom is 0.259 e. The van der Waals surface area contributed by atoms with Gasteiger partial charge in [-0.05, 0) is 30.7 Å². The molecule has 3 aliphatic rings. The van der Waals surface area contributed by atoms with Gasteiger partial charge < -0.3 is 4.90 Å². The highest BCUT2D eigenvalue weighted by Gasteiger charge is 2.58. The Balaban J connectivity index is 1.35. The summed E-state index contributed by atoms with van der Waals surface area (Å²) < 4.78 is 27.7. The molecule has 2 saturated heterocycles. The molecule has 0 N–H and O–H groups in total. The Hall–Kier alpha value is -1.59. The van der Waals surface area contributed by atoms with Crippen LogP contribution in [0.5, 0.6) is 0 Å². The lowest BCUT2D eigenvalue weighted by Gasteiger charge is -2.39. The fourth-order valence-corrected chi connectivity index (χ4v) is 8.77. The first-order chi connectivity index (χ1) is 14.3. The molecule has 0 bridgehead atoms. The predicted octanol–water partition coefficient (Wildman–Crippen LogP) is 2.86. The molecule has 0 spiro atoms. The van der Waals surface area contributed by atoms with Crippen molar-refractivity contribution in [2.75, 3.05) is 31.1 Å². The van der Waals surface area contributed by atoms with E-state index in [1.165, 1.54) is 22.1 Å². The first-order valence-electron chi connectivity index (χ1n) is 9.49. The molecular weight excluding hydrogens is 466 g/mol. The van der Waals surface area contributed by atoms with Crippen molar-refractivity contribution in [3.8, 4) is 0 Å². The van der Waals surface area contributed by atoms with Gasteiger partial charge in [0.2, 0.25) is 5.91 Å². The number of piperazine rings is 1. The second-order valence-corrected chi connectivity index (χ2v) is 12.5. The average Bonchev–Trinajstić information content (AvgIpc) is 3.42. The number of fused-ring (bicyclic) bond motifs is 3. The van der Waals surface area contributed by atoms with Gasteiger partial charge in [0, 0.05) is 37.5 Å². The van der Waals surface area contributed by atoms with Crippen LogP contribution >= 0.6 is 34.7 Å². The SMILES string of the molecule is O=C1CCC2(C(=O)N3CCN(S(=O)(=O)c4ccc(Cl)s4)CC3)Sc3ccccc3N12. The summed E-state index contributed by atoms with van der Waals surface area (Å²) in [7, 11) is -3.62. The fraction of sp³-hybridized carbons (Fsp3) is 0.368. The number of thioether (sulfide) groups is 1. The van der Waals surface area contributed by atoms with Crippen LogP contribution in [-0.4, -0.2) is 60.5 Å². The summed E-state index contributed by atoms with van der Waals surface area (Å²) >= 11 is 8.36. The van der Waals surface area contributed by atoms with Gasteiger partial charge in [0.1, 0.15) is 4.21 Å². The maximum absolute atomic E-state index is 13.6. The van der Waals surface area contributed by atoms with Gasteiger partial charge in [-0.2, -0.15) is 4.31 Å². The normalized spacial score (nSPS) is 24.2. The van der Waals surface area contributed by atoms with Crippen LogP contribution in [0.4, 0.5) is 5.69 Å². The first kappa shape index (κ1) is 20.3. The molecule has 11 heteroatoms. The van der Waals surface area contributed by atoms with Crippen molar-refractivity contribution in [3.63, 3.8) is 0 Å². The molecule has 3 aliphatic heterocycles. The third-order valence-electron chi connectivity index (χ3n) is 5.68. The Kier molecular flexibility index (Phi) is 4.90. The topological polar surface area (TPSA) is 78.0 Å². The third-order valence-corrected chi connectivity index (χ3v) is 10.7. The highest BCUT2D eigenvalue weighted by molar-refractivity contribution is 8.02. The van der Waals surface area contributed by atoms with Gasteiger partial charge in [-0.15, -0.1) is 11.3 Å². The third kappa shape index (κ3) is 3.00. The zero-order chi connectivity index (χ0) is 21.1. The Morgan fingerprint density at radius 1 is 1.07 bits per heavy atom. The number of hydrogen-bond donors (Lipinski definition) is 0. The van der Waals surface area contributed by atoms with Crippen LogP contribution < -0.4 is 4.90 Å². The number of hydrogen-bond acceptors (Lipinski definition) is 6. The van der Waals surface area contributed by atoms with Gasteiger partial charge in [-0.25, -0.2) is 8.42 Å². The van der Waals surface area contributed by atoms with E-state index >= 15 is 0 Å². The minimum Gasteiger partial charge on any atom is -0.337 e. The standard InChI is InChI=1S/C19H18ClN3O4S3/c20-15-5-6-17(28-15)30(26,27)22-11-9-21(10-12-22)18(25)19-8-7-16(24)23(19)13-3-1-2-4-14(13)29-19/h1-6H,7-12H2. The number of carbonyl (C=O) groups excluding carboxylic acids is 2. The van der Waals surface area contributed by atoms with E-state index in [1.54, 1.807) is 15.9 Å². The molecule has 5 rings (SSSR count). The molecule has 1 unspecified atom stereocenters. The predicted molar refractivity (Wildman–Crippen MR) is 116 cm³/mol. The number of anilines is 1. The molecule has 4 heterocycles. The number of thiophene rings is 1. The molecule has 2 fully saturated rings. The highest BCUT2D eigenvalue weighted by Crippen LogP contribution is 2.56. The number of benzene rings is 1. The van der Waals surface area contributed by atoms with Crippen LogP contribution in [0.25, 0.3) is 0 Å². The van der Waals surface area contributed by atoms with E-state index in [4.69, 9.17) is 11.6 Å². The number of nitrogens with zero attached hydrogens (tertiary/aromatic N) is 3. The van der Waals surface area contributed by atoms with E-state index in [9.17, 15) is 18.0 Å². The lowest BCUT2D eigenvalue weighted by atomic mass is 10.1. The van der Waals surface area contributed by atoms with Crippen molar-refractivity contribution in [1.82, 2.24) is 9.21 Å². The van der Waals surface area contributed by atoms with E-state index in [1.807, 2.05) is 24.3 Å². The van der Waals surface area contributed by atoms with Crippen LogP contribution in [0, 0.1) is 0 Å². The average molecular weight is 484 g/mol.